The highest BCUT2D eigenvalue weighted by Gasteiger charge is 2.33. The van der Waals surface area contributed by atoms with Gasteiger partial charge in [-0.1, -0.05) is 12.1 Å². The van der Waals surface area contributed by atoms with Crippen molar-refractivity contribution in [3.05, 3.63) is 29.8 Å². The molecule has 0 spiro atoms. The summed E-state index contributed by atoms with van der Waals surface area (Å²) in [4.78, 5) is 11.2. The summed E-state index contributed by atoms with van der Waals surface area (Å²) in [7, 11) is 0. The van der Waals surface area contributed by atoms with Gasteiger partial charge in [-0.05, 0) is 19.1 Å². The minimum absolute atomic E-state index is 0.260. The van der Waals surface area contributed by atoms with Crippen LogP contribution in [-0.2, 0) is 15.7 Å². The fraction of sp³-hybridized carbons (Fsp3) is 0.364. The van der Waals surface area contributed by atoms with Gasteiger partial charge >= 0.3 is 6.18 Å². The number of anilines is 1. The molecule has 0 bridgehead atoms. The van der Waals surface area contributed by atoms with Crippen molar-refractivity contribution in [2.45, 2.75) is 13.1 Å². The maximum Gasteiger partial charge on any atom is 0.418 e. The number of halogens is 3. The van der Waals surface area contributed by atoms with Gasteiger partial charge in [-0.3, -0.25) is 4.79 Å². The summed E-state index contributed by atoms with van der Waals surface area (Å²) in [5.74, 6) is -0.608. The second-order valence-electron chi connectivity index (χ2n) is 3.23. The third-order valence-corrected chi connectivity index (χ3v) is 1.94. The molecular formula is C11H12F3NO2. The van der Waals surface area contributed by atoms with Crippen LogP contribution >= 0.6 is 0 Å². The smallest absolute Gasteiger partial charge is 0.372 e. The van der Waals surface area contributed by atoms with Crippen molar-refractivity contribution in [2.24, 2.45) is 0 Å². The fourth-order valence-electron chi connectivity index (χ4n) is 1.22. The van der Waals surface area contributed by atoms with Gasteiger partial charge in [0.1, 0.15) is 6.61 Å². The molecule has 1 N–H and O–H groups in total. The van der Waals surface area contributed by atoms with Crippen molar-refractivity contribution < 1.29 is 22.7 Å². The second-order valence-corrected chi connectivity index (χ2v) is 3.23. The van der Waals surface area contributed by atoms with Crippen molar-refractivity contribution >= 4 is 11.6 Å². The number of carbonyl (C=O) groups is 1. The van der Waals surface area contributed by atoms with Crippen molar-refractivity contribution in [3.63, 3.8) is 0 Å². The van der Waals surface area contributed by atoms with E-state index in [0.29, 0.717) is 6.61 Å². The van der Waals surface area contributed by atoms with Crippen LogP contribution in [0.2, 0.25) is 0 Å². The number of benzene rings is 1. The SMILES string of the molecule is CCOCC(=O)Nc1ccccc1C(F)(F)F. The molecule has 3 nitrogen and oxygen atoms in total. The van der Waals surface area contributed by atoms with E-state index in [1.54, 1.807) is 6.92 Å². The minimum Gasteiger partial charge on any atom is -0.372 e. The number of alkyl halides is 3. The molecule has 0 aliphatic carbocycles. The lowest BCUT2D eigenvalue weighted by Crippen LogP contribution is -2.20. The zero-order chi connectivity index (χ0) is 12.9. The first-order valence-corrected chi connectivity index (χ1v) is 4.99. The number of carbonyl (C=O) groups excluding carboxylic acids is 1. The Bertz CT molecular complexity index is 391. The molecule has 0 saturated heterocycles. The van der Waals surface area contributed by atoms with Crippen LogP contribution in [0.15, 0.2) is 24.3 Å². The van der Waals surface area contributed by atoms with Crippen LogP contribution in [0.5, 0.6) is 0 Å². The van der Waals surface area contributed by atoms with Crippen LogP contribution in [0, 0.1) is 0 Å². The lowest BCUT2D eigenvalue weighted by Gasteiger charge is -2.13. The number of ether oxygens (including phenoxy) is 1. The Hall–Kier alpha value is -1.56. The van der Waals surface area contributed by atoms with Gasteiger partial charge in [0.25, 0.3) is 0 Å². The highest BCUT2D eigenvalue weighted by Crippen LogP contribution is 2.34. The van der Waals surface area contributed by atoms with Crippen LogP contribution < -0.4 is 5.32 Å². The van der Waals surface area contributed by atoms with E-state index in [9.17, 15) is 18.0 Å². The van der Waals surface area contributed by atoms with Gasteiger partial charge < -0.3 is 10.1 Å². The monoisotopic (exact) mass is 247 g/mol. The number of rotatable bonds is 4. The predicted molar refractivity (Wildman–Crippen MR) is 56.6 cm³/mol. The number of hydrogen-bond donors (Lipinski definition) is 1. The predicted octanol–water partition coefficient (Wildman–Crippen LogP) is 2.68. The average Bonchev–Trinajstić information content (AvgIpc) is 2.25. The summed E-state index contributed by atoms with van der Waals surface area (Å²) >= 11 is 0. The van der Waals surface area contributed by atoms with Crippen LogP contribution in [0.1, 0.15) is 12.5 Å². The van der Waals surface area contributed by atoms with E-state index in [0.717, 1.165) is 6.07 Å². The Morgan fingerprint density at radius 3 is 2.59 bits per heavy atom. The summed E-state index contributed by atoms with van der Waals surface area (Å²) in [6.45, 7) is 1.76. The van der Waals surface area contributed by atoms with Crippen LogP contribution in [0.4, 0.5) is 18.9 Å². The molecule has 1 aromatic rings. The molecule has 6 heteroatoms. The van der Waals surface area contributed by atoms with Gasteiger partial charge in [-0.2, -0.15) is 13.2 Å². The molecule has 1 rings (SSSR count). The molecule has 1 aromatic carbocycles. The molecule has 1 amide bonds. The number of nitrogens with one attached hydrogen (secondary N) is 1. The largest absolute Gasteiger partial charge is 0.418 e. The molecule has 0 unspecified atom stereocenters. The molecule has 0 aliphatic rings. The first kappa shape index (κ1) is 13.5. The van der Waals surface area contributed by atoms with E-state index >= 15 is 0 Å². The highest BCUT2D eigenvalue weighted by atomic mass is 19.4. The standard InChI is InChI=1S/C11H12F3NO2/c1-2-17-7-10(16)15-9-6-4-3-5-8(9)11(12,13)14/h3-6H,2,7H2,1H3,(H,15,16). The third kappa shape index (κ3) is 4.07. The van der Waals surface area contributed by atoms with Gasteiger partial charge in [-0.15, -0.1) is 0 Å². The first-order chi connectivity index (χ1) is 7.95. The molecule has 17 heavy (non-hydrogen) atoms. The van der Waals surface area contributed by atoms with E-state index in [1.807, 2.05) is 0 Å². The highest BCUT2D eigenvalue weighted by molar-refractivity contribution is 5.92. The Kier molecular flexibility index (Phi) is 4.51. The molecule has 0 fully saturated rings. The topological polar surface area (TPSA) is 38.3 Å². The van der Waals surface area contributed by atoms with Crippen molar-refractivity contribution in [3.8, 4) is 0 Å². The summed E-state index contributed by atoms with van der Waals surface area (Å²) in [6, 6.07) is 4.80. The number of hydrogen-bond acceptors (Lipinski definition) is 2. The van der Waals surface area contributed by atoms with E-state index < -0.39 is 17.6 Å². The Labute approximate surface area is 96.6 Å². The molecule has 94 valence electrons. The Morgan fingerprint density at radius 1 is 1.35 bits per heavy atom. The van der Waals surface area contributed by atoms with E-state index in [1.165, 1.54) is 18.2 Å². The molecular weight excluding hydrogens is 235 g/mol. The molecule has 0 heterocycles. The molecule has 0 aliphatic heterocycles. The quantitative estimate of drug-likeness (QED) is 0.888. The second kappa shape index (κ2) is 5.67. The lowest BCUT2D eigenvalue weighted by molar-refractivity contribution is -0.137. The molecule has 0 saturated carbocycles. The maximum atomic E-state index is 12.6. The lowest BCUT2D eigenvalue weighted by atomic mass is 10.1. The minimum atomic E-state index is -4.49. The summed E-state index contributed by atoms with van der Waals surface area (Å²) in [6.07, 6.45) is -4.49. The van der Waals surface area contributed by atoms with Gasteiger partial charge in [0.05, 0.1) is 11.3 Å². The van der Waals surface area contributed by atoms with Crippen molar-refractivity contribution in [1.82, 2.24) is 0 Å². The summed E-state index contributed by atoms with van der Waals surface area (Å²) in [5.41, 5.74) is -1.13. The summed E-state index contributed by atoms with van der Waals surface area (Å²) in [5, 5.41) is 2.17. The van der Waals surface area contributed by atoms with Crippen molar-refractivity contribution in [2.75, 3.05) is 18.5 Å². The molecule has 0 aromatic heterocycles. The van der Waals surface area contributed by atoms with Crippen molar-refractivity contribution in [1.29, 1.82) is 0 Å². The summed E-state index contributed by atoms with van der Waals surface area (Å²) < 4.78 is 42.5. The number of amides is 1. The zero-order valence-electron chi connectivity index (χ0n) is 9.17. The maximum absolute atomic E-state index is 12.6. The van der Waals surface area contributed by atoms with Gasteiger partial charge in [0.2, 0.25) is 5.91 Å². The van der Waals surface area contributed by atoms with Gasteiger partial charge in [0.15, 0.2) is 0 Å². The van der Waals surface area contributed by atoms with Gasteiger partial charge in [0, 0.05) is 6.61 Å². The molecule has 0 radical (unpaired) electrons. The third-order valence-electron chi connectivity index (χ3n) is 1.94. The van der Waals surface area contributed by atoms with E-state index in [-0.39, 0.29) is 12.3 Å². The average molecular weight is 247 g/mol. The molecule has 0 atom stereocenters. The normalized spacial score (nSPS) is 11.3. The van der Waals surface area contributed by atoms with Crippen LogP contribution in [0.25, 0.3) is 0 Å². The first-order valence-electron chi connectivity index (χ1n) is 4.99. The van der Waals surface area contributed by atoms with Crippen LogP contribution in [-0.4, -0.2) is 19.1 Å². The Morgan fingerprint density at radius 2 is 2.00 bits per heavy atom. The fourth-order valence-corrected chi connectivity index (χ4v) is 1.22. The van der Waals surface area contributed by atoms with E-state index in [4.69, 9.17) is 4.74 Å². The van der Waals surface area contributed by atoms with Crippen LogP contribution in [0.3, 0.4) is 0 Å². The Balaban J connectivity index is 2.81. The van der Waals surface area contributed by atoms with E-state index in [2.05, 4.69) is 5.32 Å². The zero-order valence-corrected chi connectivity index (χ0v) is 9.17. The number of para-hydroxylation sites is 1. The van der Waals surface area contributed by atoms with Gasteiger partial charge in [-0.25, -0.2) is 0 Å².